The van der Waals surface area contributed by atoms with Crippen molar-refractivity contribution in [3.63, 3.8) is 0 Å². The molecule has 2 heteroatoms. The van der Waals surface area contributed by atoms with E-state index in [4.69, 9.17) is 11.6 Å². The number of benzene rings is 1. The second kappa shape index (κ2) is 8.60. The summed E-state index contributed by atoms with van der Waals surface area (Å²) < 4.78 is 0. The van der Waals surface area contributed by atoms with E-state index in [1.54, 1.807) is 0 Å². The van der Waals surface area contributed by atoms with Gasteiger partial charge >= 0.3 is 0 Å². The topological polar surface area (TPSA) is 12.0 Å². The lowest BCUT2D eigenvalue weighted by molar-refractivity contribution is 0.502. The fourth-order valence-corrected chi connectivity index (χ4v) is 1.93. The van der Waals surface area contributed by atoms with Crippen molar-refractivity contribution in [3.8, 4) is 0 Å². The van der Waals surface area contributed by atoms with Crippen LogP contribution in [0.3, 0.4) is 0 Å². The molecule has 0 aliphatic heterocycles. The first-order valence-corrected chi connectivity index (χ1v) is 6.69. The molecule has 0 spiro atoms. The van der Waals surface area contributed by atoms with Crippen LogP contribution in [0.25, 0.3) is 0 Å². The highest BCUT2D eigenvalue weighted by Crippen LogP contribution is 2.02. The van der Waals surface area contributed by atoms with Crippen molar-refractivity contribution in [1.29, 1.82) is 0 Å². The van der Waals surface area contributed by atoms with E-state index in [0.717, 1.165) is 25.3 Å². The third-order valence-electron chi connectivity index (χ3n) is 2.75. The second-order valence-electron chi connectivity index (χ2n) is 4.28. The molecule has 1 rings (SSSR count). The Kier molecular flexibility index (Phi) is 7.28. The molecular formula is C14H22ClN. The lowest BCUT2D eigenvalue weighted by Crippen LogP contribution is -2.27. The van der Waals surface area contributed by atoms with Crippen molar-refractivity contribution < 1.29 is 0 Å². The highest BCUT2D eigenvalue weighted by Gasteiger charge is 1.99. The van der Waals surface area contributed by atoms with Crippen LogP contribution in [-0.2, 0) is 6.42 Å². The minimum atomic E-state index is 0.592. The zero-order chi connectivity index (χ0) is 11.6. The molecule has 0 aromatic heterocycles. The number of nitrogens with one attached hydrogen (secondary N) is 1. The smallest absolute Gasteiger partial charge is 0.0224 e. The van der Waals surface area contributed by atoms with Gasteiger partial charge in [-0.25, -0.2) is 0 Å². The Hall–Kier alpha value is -0.530. The van der Waals surface area contributed by atoms with Gasteiger partial charge < -0.3 is 5.32 Å². The molecular weight excluding hydrogens is 218 g/mol. The Morgan fingerprint density at radius 1 is 1.19 bits per heavy atom. The summed E-state index contributed by atoms with van der Waals surface area (Å²) in [6.45, 7) is 3.33. The summed E-state index contributed by atoms with van der Waals surface area (Å²) in [6.07, 6.45) is 4.65. The van der Waals surface area contributed by atoms with E-state index in [1.165, 1.54) is 18.4 Å². The van der Waals surface area contributed by atoms with Gasteiger partial charge in [0.1, 0.15) is 0 Å². The summed E-state index contributed by atoms with van der Waals surface area (Å²) in [6, 6.07) is 11.2. The Morgan fingerprint density at radius 2 is 1.94 bits per heavy atom. The maximum absolute atomic E-state index is 5.66. The van der Waals surface area contributed by atoms with E-state index in [-0.39, 0.29) is 0 Å². The molecule has 1 unspecified atom stereocenters. The molecule has 0 amide bonds. The molecule has 1 nitrogen and oxygen atoms in total. The highest BCUT2D eigenvalue weighted by molar-refractivity contribution is 6.17. The molecule has 1 N–H and O–H groups in total. The van der Waals surface area contributed by atoms with Gasteiger partial charge in [-0.15, -0.1) is 11.6 Å². The average Bonchev–Trinajstić information content (AvgIpc) is 2.33. The van der Waals surface area contributed by atoms with Crippen LogP contribution in [0.2, 0.25) is 0 Å². The summed E-state index contributed by atoms with van der Waals surface area (Å²) >= 11 is 5.66. The number of alkyl halides is 1. The van der Waals surface area contributed by atoms with Gasteiger partial charge in [-0.2, -0.15) is 0 Å². The molecule has 0 saturated carbocycles. The molecule has 0 aliphatic rings. The highest BCUT2D eigenvalue weighted by atomic mass is 35.5. The van der Waals surface area contributed by atoms with Crippen molar-refractivity contribution in [2.45, 2.75) is 38.6 Å². The fraction of sp³-hybridized carbons (Fsp3) is 0.571. The molecule has 90 valence electrons. The monoisotopic (exact) mass is 239 g/mol. The first kappa shape index (κ1) is 13.5. The SMILES string of the molecule is CC(CCCCl)NCCCc1ccccc1. The molecule has 0 radical (unpaired) electrons. The van der Waals surface area contributed by atoms with Crippen LogP contribution in [0.1, 0.15) is 31.7 Å². The molecule has 0 fully saturated rings. The van der Waals surface area contributed by atoms with Crippen LogP contribution < -0.4 is 5.32 Å². The number of rotatable bonds is 8. The Bertz CT molecular complexity index is 261. The predicted octanol–water partition coefficient (Wildman–Crippen LogP) is 3.62. The fourth-order valence-electron chi connectivity index (χ4n) is 1.77. The average molecular weight is 240 g/mol. The van der Waals surface area contributed by atoms with E-state index >= 15 is 0 Å². The number of aryl methyl sites for hydroxylation is 1. The minimum Gasteiger partial charge on any atom is -0.314 e. The largest absolute Gasteiger partial charge is 0.314 e. The minimum absolute atomic E-state index is 0.592. The Morgan fingerprint density at radius 3 is 2.62 bits per heavy atom. The van der Waals surface area contributed by atoms with E-state index in [1.807, 2.05) is 0 Å². The summed E-state index contributed by atoms with van der Waals surface area (Å²) in [4.78, 5) is 0. The standard InChI is InChI=1S/C14H22ClN/c1-13(7-5-11-15)16-12-6-10-14-8-3-2-4-9-14/h2-4,8-9,13,16H,5-7,10-12H2,1H3. The molecule has 1 atom stereocenters. The quantitative estimate of drug-likeness (QED) is 0.540. The van der Waals surface area contributed by atoms with Gasteiger partial charge in [-0.05, 0) is 44.7 Å². The third-order valence-corrected chi connectivity index (χ3v) is 3.02. The Labute approximate surface area is 104 Å². The number of hydrogen-bond acceptors (Lipinski definition) is 1. The third kappa shape index (κ3) is 6.14. The molecule has 0 aliphatic carbocycles. The second-order valence-corrected chi connectivity index (χ2v) is 4.65. The van der Waals surface area contributed by atoms with Crippen LogP contribution in [-0.4, -0.2) is 18.5 Å². The van der Waals surface area contributed by atoms with Crippen molar-refractivity contribution >= 4 is 11.6 Å². The maximum Gasteiger partial charge on any atom is 0.0224 e. The summed E-state index contributed by atoms with van der Waals surface area (Å²) in [7, 11) is 0. The van der Waals surface area contributed by atoms with Gasteiger partial charge in [-0.3, -0.25) is 0 Å². The van der Waals surface area contributed by atoms with Crippen molar-refractivity contribution in [1.82, 2.24) is 5.32 Å². The number of hydrogen-bond donors (Lipinski definition) is 1. The summed E-state index contributed by atoms with van der Waals surface area (Å²) in [5.41, 5.74) is 1.43. The molecule has 1 aromatic rings. The van der Waals surface area contributed by atoms with E-state index in [9.17, 15) is 0 Å². The van der Waals surface area contributed by atoms with Crippen molar-refractivity contribution in [3.05, 3.63) is 35.9 Å². The zero-order valence-corrected chi connectivity index (χ0v) is 10.8. The van der Waals surface area contributed by atoms with Gasteiger partial charge in [0.05, 0.1) is 0 Å². The normalized spacial score (nSPS) is 12.6. The first-order valence-electron chi connectivity index (χ1n) is 6.16. The molecule has 0 heterocycles. The van der Waals surface area contributed by atoms with Crippen LogP contribution in [0.4, 0.5) is 0 Å². The molecule has 16 heavy (non-hydrogen) atoms. The van der Waals surface area contributed by atoms with Crippen LogP contribution in [0.5, 0.6) is 0 Å². The summed E-state index contributed by atoms with van der Waals surface area (Å²) in [5, 5.41) is 3.53. The van der Waals surface area contributed by atoms with Gasteiger partial charge in [0.15, 0.2) is 0 Å². The van der Waals surface area contributed by atoms with Crippen LogP contribution >= 0.6 is 11.6 Å². The first-order chi connectivity index (χ1) is 7.83. The van der Waals surface area contributed by atoms with Crippen LogP contribution in [0.15, 0.2) is 30.3 Å². The Balaban J connectivity index is 2.03. The maximum atomic E-state index is 5.66. The van der Waals surface area contributed by atoms with Crippen LogP contribution in [0, 0.1) is 0 Å². The number of halogens is 1. The molecule has 0 saturated heterocycles. The van der Waals surface area contributed by atoms with Gasteiger partial charge in [0.2, 0.25) is 0 Å². The molecule has 0 bridgehead atoms. The van der Waals surface area contributed by atoms with E-state index in [2.05, 4.69) is 42.6 Å². The van der Waals surface area contributed by atoms with Gasteiger partial charge in [0.25, 0.3) is 0 Å². The lowest BCUT2D eigenvalue weighted by Gasteiger charge is -2.12. The van der Waals surface area contributed by atoms with Crippen molar-refractivity contribution in [2.75, 3.05) is 12.4 Å². The summed E-state index contributed by atoms with van der Waals surface area (Å²) in [5.74, 6) is 0.774. The van der Waals surface area contributed by atoms with Crippen molar-refractivity contribution in [2.24, 2.45) is 0 Å². The molecule has 1 aromatic carbocycles. The van der Waals surface area contributed by atoms with E-state index in [0.29, 0.717) is 6.04 Å². The zero-order valence-electron chi connectivity index (χ0n) is 10.1. The van der Waals surface area contributed by atoms with E-state index < -0.39 is 0 Å². The van der Waals surface area contributed by atoms with Gasteiger partial charge in [0, 0.05) is 11.9 Å². The lowest BCUT2D eigenvalue weighted by atomic mass is 10.1. The predicted molar refractivity (Wildman–Crippen MR) is 72.2 cm³/mol. The van der Waals surface area contributed by atoms with Gasteiger partial charge in [-0.1, -0.05) is 30.3 Å².